The summed E-state index contributed by atoms with van der Waals surface area (Å²) in [5, 5.41) is 50.4. The number of aliphatic imine (C=N–C) groups is 2. The van der Waals surface area contributed by atoms with Crippen molar-refractivity contribution >= 4 is 113 Å². The Morgan fingerprint density at radius 1 is 0.583 bits per heavy atom. The number of carbonyl (C=O) groups is 13. The average Bonchev–Trinajstić information content (AvgIpc) is 4.07. The molecule has 1 aromatic rings. The third-order valence-corrected chi connectivity index (χ3v) is 13.1. The number of thioether (sulfide) groups is 1. The van der Waals surface area contributed by atoms with Gasteiger partial charge in [0.05, 0.1) is 31.6 Å². The molecule has 0 saturated heterocycles. The Labute approximate surface area is 491 Å². The molecule has 0 fully saturated rings. The van der Waals surface area contributed by atoms with Gasteiger partial charge < -0.3 is 103 Å². The van der Waals surface area contributed by atoms with Crippen molar-refractivity contribution in [1.82, 2.24) is 57.8 Å². The molecule has 1 rings (SSSR count). The number of guanidine groups is 2. The summed E-state index contributed by atoms with van der Waals surface area (Å²) in [4.78, 5) is 185. The minimum atomic E-state index is -1.93. The van der Waals surface area contributed by atoms with Crippen LogP contribution < -0.4 is 82.3 Å². The first kappa shape index (κ1) is 73.5. The molecular weight excluding hydrogens is 1150 g/mol. The fraction of sp³-hybridized carbons (Fsp3) is 0.617. The van der Waals surface area contributed by atoms with E-state index in [9.17, 15) is 77.6 Å². The van der Waals surface area contributed by atoms with E-state index >= 15 is 0 Å². The summed E-state index contributed by atoms with van der Waals surface area (Å²) in [5.41, 5.74) is 32.9. The van der Waals surface area contributed by atoms with Gasteiger partial charge in [0.1, 0.15) is 54.4 Å². The molecule has 0 unspecified atom stereocenters. The first-order chi connectivity index (χ1) is 39.4. The summed E-state index contributed by atoms with van der Waals surface area (Å²) in [6.07, 6.45) is 1.15. The van der Waals surface area contributed by atoms with Crippen LogP contribution in [-0.4, -0.2) is 205 Å². The number of thiol groups is 1. The Balaban J connectivity index is 3.44. The van der Waals surface area contributed by atoms with Gasteiger partial charge in [-0.2, -0.15) is 24.4 Å². The number of primary amides is 1. The largest absolute Gasteiger partial charge is 0.481 e. The molecule has 10 amide bonds. The fourth-order valence-corrected chi connectivity index (χ4v) is 8.12. The third kappa shape index (κ3) is 28.5. The van der Waals surface area contributed by atoms with E-state index in [2.05, 4.69) is 80.4 Å². The van der Waals surface area contributed by atoms with Crippen molar-refractivity contribution in [3.05, 3.63) is 18.2 Å². The number of rotatable bonds is 41. The molecule has 470 valence electrons. The van der Waals surface area contributed by atoms with Crippen LogP contribution in [0.25, 0.3) is 0 Å². The maximum Gasteiger partial charge on any atom is 0.326 e. The molecule has 35 nitrogen and oxygen atoms in total. The van der Waals surface area contributed by atoms with E-state index in [0.717, 1.165) is 6.92 Å². The van der Waals surface area contributed by atoms with E-state index in [0.29, 0.717) is 17.9 Å². The van der Waals surface area contributed by atoms with Gasteiger partial charge in [-0.15, -0.1) is 0 Å². The van der Waals surface area contributed by atoms with E-state index in [4.69, 9.17) is 34.4 Å². The Morgan fingerprint density at radius 3 is 1.46 bits per heavy atom. The molecule has 0 spiro atoms. The van der Waals surface area contributed by atoms with E-state index < -0.39 is 168 Å². The van der Waals surface area contributed by atoms with Gasteiger partial charge in [-0.3, -0.25) is 67.5 Å². The van der Waals surface area contributed by atoms with Crippen molar-refractivity contribution in [2.24, 2.45) is 50.3 Å². The van der Waals surface area contributed by atoms with Gasteiger partial charge >= 0.3 is 17.9 Å². The molecule has 0 radical (unpaired) electrons. The standard InChI is InChI=1S/C47H79N19O16S2/c1-5-21(2)35(66-37(73)24(48)15-32(49)67)44(80)60-26(9-7-12-56-47(52)53)39(75)63-29(16-33(68)69)40(76)58-22(3)36(72)65-31(19-83)43(79)59-25(8-6-11-55-46(50)51)38(74)64-30(17-34(70)71)42(78)62-28(14-23-18-54-20-57-23)41(77)61-27(45(81)82)10-13-84-4/h18,20-22,24-31,35,83H,5-17,19,48H2,1-4H3,(H2,49,67)(H,54,57)(H,58,76)(H,59,79)(H,60,80)(H,61,77)(H,62,78)(H,63,75)(H,64,74)(H,65,72)(H,66,73)(H,68,69)(H,70,71)(H,81,82)(H4,50,51,55)(H4,52,53,56)/t21-,22-,24-,25-,26-,27-,28-,29-,30-,31-,35-/m0/s1. The minimum absolute atomic E-state index is 0.00835. The van der Waals surface area contributed by atoms with Crippen molar-refractivity contribution in [3.63, 3.8) is 0 Å². The van der Waals surface area contributed by atoms with Crippen molar-refractivity contribution in [2.75, 3.05) is 30.9 Å². The lowest BCUT2D eigenvalue weighted by Gasteiger charge is -2.28. The molecule has 37 heteroatoms. The number of aromatic nitrogens is 2. The van der Waals surface area contributed by atoms with Gasteiger partial charge in [0.25, 0.3) is 0 Å². The second-order valence-electron chi connectivity index (χ2n) is 19.0. The second-order valence-corrected chi connectivity index (χ2v) is 20.3. The molecule has 25 N–H and O–H groups in total. The molecule has 0 aliphatic rings. The number of aromatic amines is 1. The quantitative estimate of drug-likeness (QED) is 0.0125. The van der Waals surface area contributed by atoms with Gasteiger partial charge in [-0.25, -0.2) is 9.78 Å². The minimum Gasteiger partial charge on any atom is -0.481 e. The molecule has 0 saturated carbocycles. The Kier molecular flexibility index (Phi) is 33.5. The summed E-state index contributed by atoms with van der Waals surface area (Å²) in [7, 11) is 0. The van der Waals surface area contributed by atoms with E-state index in [1.54, 1.807) is 20.1 Å². The van der Waals surface area contributed by atoms with Crippen molar-refractivity contribution in [3.8, 4) is 0 Å². The molecule has 11 atom stereocenters. The number of aliphatic carboxylic acids is 3. The number of amides is 10. The van der Waals surface area contributed by atoms with Crippen LogP contribution >= 0.6 is 24.4 Å². The zero-order valence-electron chi connectivity index (χ0n) is 46.7. The van der Waals surface area contributed by atoms with Crippen LogP contribution in [0.4, 0.5) is 0 Å². The molecule has 1 aromatic heterocycles. The number of nitrogens with zero attached hydrogens (tertiary/aromatic N) is 3. The van der Waals surface area contributed by atoms with E-state index in [1.165, 1.54) is 24.3 Å². The summed E-state index contributed by atoms with van der Waals surface area (Å²) in [6, 6.07) is -15.9. The summed E-state index contributed by atoms with van der Waals surface area (Å²) < 4.78 is 0. The van der Waals surface area contributed by atoms with Crippen LogP contribution in [0, 0.1) is 5.92 Å². The van der Waals surface area contributed by atoms with Crippen LogP contribution in [0.3, 0.4) is 0 Å². The maximum absolute atomic E-state index is 14.0. The van der Waals surface area contributed by atoms with Crippen molar-refractivity contribution in [2.45, 2.75) is 145 Å². The third-order valence-electron chi connectivity index (χ3n) is 12.1. The van der Waals surface area contributed by atoms with Gasteiger partial charge in [-0.05, 0) is 57.0 Å². The summed E-state index contributed by atoms with van der Waals surface area (Å²) in [6.45, 7) is 4.26. The highest BCUT2D eigenvalue weighted by molar-refractivity contribution is 7.98. The Bertz CT molecular complexity index is 2500. The highest BCUT2D eigenvalue weighted by Crippen LogP contribution is 2.12. The first-order valence-corrected chi connectivity index (χ1v) is 28.1. The number of carbonyl (C=O) groups excluding carboxylic acids is 10. The van der Waals surface area contributed by atoms with Crippen molar-refractivity contribution in [1.29, 1.82) is 0 Å². The van der Waals surface area contributed by atoms with Crippen LogP contribution in [0.15, 0.2) is 22.5 Å². The highest BCUT2D eigenvalue weighted by atomic mass is 32.2. The average molecular weight is 1230 g/mol. The van der Waals surface area contributed by atoms with E-state index in [1.807, 2.05) is 0 Å². The highest BCUT2D eigenvalue weighted by Gasteiger charge is 2.37. The number of carboxylic acids is 3. The van der Waals surface area contributed by atoms with Gasteiger partial charge in [0.2, 0.25) is 59.1 Å². The van der Waals surface area contributed by atoms with E-state index in [-0.39, 0.29) is 63.5 Å². The smallest absolute Gasteiger partial charge is 0.326 e. The lowest BCUT2D eigenvalue weighted by Crippen LogP contribution is -2.61. The molecule has 0 aliphatic carbocycles. The predicted octanol–water partition coefficient (Wildman–Crippen LogP) is -7.59. The lowest BCUT2D eigenvalue weighted by molar-refractivity contribution is -0.143. The number of hydrogen-bond acceptors (Lipinski definition) is 19. The van der Waals surface area contributed by atoms with Gasteiger partial charge in [0.15, 0.2) is 11.9 Å². The molecule has 0 aliphatic heterocycles. The normalized spacial score (nSPS) is 14.8. The predicted molar refractivity (Wildman–Crippen MR) is 305 cm³/mol. The number of nitrogens with one attached hydrogen (secondary N) is 10. The molecule has 0 bridgehead atoms. The number of carboxylic acid groups (broad SMARTS) is 3. The number of imidazole rings is 1. The van der Waals surface area contributed by atoms with Crippen LogP contribution in [-0.2, 0) is 68.7 Å². The monoisotopic (exact) mass is 1230 g/mol. The Hall–Kier alpha value is -8.48. The van der Waals surface area contributed by atoms with Gasteiger partial charge in [-0.1, -0.05) is 20.3 Å². The zero-order valence-corrected chi connectivity index (χ0v) is 48.4. The summed E-state index contributed by atoms with van der Waals surface area (Å²) >= 11 is 5.47. The second kappa shape index (κ2) is 38.3. The van der Waals surface area contributed by atoms with Crippen LogP contribution in [0.1, 0.15) is 84.3 Å². The zero-order chi connectivity index (χ0) is 63.8. The first-order valence-electron chi connectivity index (χ1n) is 26.1. The number of nitrogens with two attached hydrogens (primary N) is 6. The molecular formula is C47H79N19O16S2. The fourth-order valence-electron chi connectivity index (χ4n) is 7.40. The van der Waals surface area contributed by atoms with Crippen LogP contribution in [0.2, 0.25) is 0 Å². The number of hydrogen-bond donors (Lipinski definition) is 20. The maximum atomic E-state index is 14.0. The van der Waals surface area contributed by atoms with Gasteiger partial charge in [0, 0.05) is 37.2 Å². The SMILES string of the molecule is CC[C@H](C)[C@H](NC(=O)[C@@H](N)CC(N)=O)C(=O)N[C@@H](CCCN=C(N)N)C(=O)N[C@@H](CC(=O)O)C(=O)N[C@@H](C)C(=O)N[C@@H](CS)C(=O)N[C@@H](CCCN=C(N)N)C(=O)N[C@@H](CC(=O)O)C(=O)N[C@@H](Cc1cnc[nH]1)C(=O)N[C@@H](CCSC)C(=O)O. The lowest BCUT2D eigenvalue weighted by atomic mass is 9.97. The number of H-pyrrole nitrogens is 1. The van der Waals surface area contributed by atoms with Crippen molar-refractivity contribution < 1.29 is 77.6 Å². The molecule has 0 aromatic carbocycles. The molecule has 1 heterocycles. The topological polar surface area (TPSA) is 600 Å². The summed E-state index contributed by atoms with van der Waals surface area (Å²) in [5.74, 6) is -16.5. The van der Waals surface area contributed by atoms with Crippen LogP contribution in [0.5, 0.6) is 0 Å². The molecule has 84 heavy (non-hydrogen) atoms. The Morgan fingerprint density at radius 2 is 1.02 bits per heavy atom.